The highest BCUT2D eigenvalue weighted by Gasteiger charge is 2.50. The standard InChI is InChI=1S/C12H20O11/c13-1-3-5(15)6(16)9(19)12(22-3)23-10-4(2-14)21-11(20)8(18)7(10)17/h3-10,12-19H,1-2H2/t3-,4-,5-,6+,7-,8-,9-,10?,12+/m1/s1. The molecule has 23 heavy (non-hydrogen) atoms. The molecule has 0 amide bonds. The zero-order chi connectivity index (χ0) is 17.3. The van der Waals surface area contributed by atoms with Crippen LogP contribution in [-0.4, -0.2) is 110 Å². The van der Waals surface area contributed by atoms with Gasteiger partial charge in [-0.15, -0.1) is 0 Å². The van der Waals surface area contributed by atoms with Gasteiger partial charge in [-0.05, 0) is 0 Å². The molecule has 0 aromatic heterocycles. The Morgan fingerprint density at radius 2 is 1.48 bits per heavy atom. The molecular weight excluding hydrogens is 320 g/mol. The summed E-state index contributed by atoms with van der Waals surface area (Å²) >= 11 is 0. The summed E-state index contributed by atoms with van der Waals surface area (Å²) in [5, 5.41) is 66.8. The quantitative estimate of drug-likeness (QED) is 0.242. The lowest BCUT2D eigenvalue weighted by atomic mass is 9.97. The van der Waals surface area contributed by atoms with Gasteiger partial charge in [0, 0.05) is 0 Å². The van der Waals surface area contributed by atoms with Crippen LogP contribution in [0, 0.1) is 0 Å². The van der Waals surface area contributed by atoms with Crippen LogP contribution in [0.3, 0.4) is 0 Å². The van der Waals surface area contributed by atoms with E-state index in [1.54, 1.807) is 0 Å². The Bertz CT molecular complexity index is 414. The largest absolute Gasteiger partial charge is 0.455 e. The lowest BCUT2D eigenvalue weighted by Crippen LogP contribution is -2.63. The highest BCUT2D eigenvalue weighted by atomic mass is 16.7. The van der Waals surface area contributed by atoms with Gasteiger partial charge in [0.15, 0.2) is 18.5 Å². The molecule has 1 unspecified atom stereocenters. The molecule has 0 saturated carbocycles. The molecule has 2 fully saturated rings. The normalized spacial score (nSPS) is 48.1. The highest BCUT2D eigenvalue weighted by molar-refractivity contribution is 5.76. The first-order valence-corrected chi connectivity index (χ1v) is 6.95. The summed E-state index contributed by atoms with van der Waals surface area (Å²) in [4.78, 5) is 11.3. The van der Waals surface area contributed by atoms with Crippen molar-refractivity contribution in [2.45, 2.75) is 55.1 Å². The lowest BCUT2D eigenvalue weighted by Gasteiger charge is -2.43. The molecule has 9 atom stereocenters. The molecule has 2 aliphatic heterocycles. The fourth-order valence-electron chi connectivity index (χ4n) is 2.47. The maximum atomic E-state index is 11.3. The summed E-state index contributed by atoms with van der Waals surface area (Å²) in [6.07, 6.45) is -14.4. The second-order valence-electron chi connectivity index (χ2n) is 5.39. The molecule has 2 rings (SSSR count). The van der Waals surface area contributed by atoms with Crippen LogP contribution >= 0.6 is 0 Å². The molecule has 2 heterocycles. The summed E-state index contributed by atoms with van der Waals surface area (Å²) in [7, 11) is 0. The van der Waals surface area contributed by atoms with Crippen molar-refractivity contribution in [3.8, 4) is 0 Å². The van der Waals surface area contributed by atoms with Crippen LogP contribution in [0.1, 0.15) is 0 Å². The predicted molar refractivity (Wildman–Crippen MR) is 67.6 cm³/mol. The topological polar surface area (TPSA) is 186 Å². The molecule has 11 nitrogen and oxygen atoms in total. The Kier molecular flexibility index (Phi) is 5.89. The van der Waals surface area contributed by atoms with Gasteiger partial charge in [0.1, 0.15) is 36.6 Å². The molecule has 2 saturated heterocycles. The highest BCUT2D eigenvalue weighted by Crippen LogP contribution is 2.27. The number of aliphatic hydroxyl groups is 7. The molecule has 0 radical (unpaired) electrons. The zero-order valence-corrected chi connectivity index (χ0v) is 11.9. The molecule has 7 N–H and O–H groups in total. The van der Waals surface area contributed by atoms with Gasteiger partial charge in [-0.2, -0.15) is 0 Å². The van der Waals surface area contributed by atoms with Crippen molar-refractivity contribution < 1.29 is 54.8 Å². The first kappa shape index (κ1) is 18.4. The molecule has 0 aromatic carbocycles. The number of hydrogen-bond acceptors (Lipinski definition) is 11. The van der Waals surface area contributed by atoms with Crippen LogP contribution in [0.4, 0.5) is 0 Å². The van der Waals surface area contributed by atoms with E-state index < -0.39 is 74.3 Å². The van der Waals surface area contributed by atoms with E-state index in [4.69, 9.17) is 14.6 Å². The van der Waals surface area contributed by atoms with Crippen molar-refractivity contribution in [1.29, 1.82) is 0 Å². The molecular formula is C12H20O11. The van der Waals surface area contributed by atoms with Crippen LogP contribution in [0.25, 0.3) is 0 Å². The molecule has 134 valence electrons. The fraction of sp³-hybridized carbons (Fsp3) is 0.917. The molecule has 11 heteroatoms. The van der Waals surface area contributed by atoms with E-state index in [9.17, 15) is 35.4 Å². The van der Waals surface area contributed by atoms with Crippen molar-refractivity contribution in [2.24, 2.45) is 0 Å². The van der Waals surface area contributed by atoms with E-state index in [2.05, 4.69) is 4.74 Å². The predicted octanol–water partition coefficient (Wildman–Crippen LogP) is -5.19. The van der Waals surface area contributed by atoms with E-state index >= 15 is 0 Å². The Hall–Kier alpha value is -0.890. The Labute approximate surface area is 130 Å². The van der Waals surface area contributed by atoms with Crippen molar-refractivity contribution >= 4 is 5.97 Å². The number of carbonyl (C=O) groups is 1. The first-order chi connectivity index (χ1) is 10.8. The van der Waals surface area contributed by atoms with Crippen LogP contribution in [0.2, 0.25) is 0 Å². The molecule has 2 aliphatic rings. The van der Waals surface area contributed by atoms with Crippen LogP contribution < -0.4 is 0 Å². The third-order valence-electron chi connectivity index (χ3n) is 3.86. The van der Waals surface area contributed by atoms with Crippen LogP contribution in [0.5, 0.6) is 0 Å². The summed E-state index contributed by atoms with van der Waals surface area (Å²) in [6, 6.07) is 0. The average molecular weight is 340 g/mol. The molecule has 0 aromatic rings. The van der Waals surface area contributed by atoms with Crippen LogP contribution in [-0.2, 0) is 19.0 Å². The zero-order valence-electron chi connectivity index (χ0n) is 11.9. The van der Waals surface area contributed by atoms with Gasteiger partial charge >= 0.3 is 5.97 Å². The third kappa shape index (κ3) is 3.47. The minimum absolute atomic E-state index is 0.681. The minimum atomic E-state index is -1.92. The van der Waals surface area contributed by atoms with Crippen LogP contribution in [0.15, 0.2) is 0 Å². The number of rotatable bonds is 4. The molecule has 0 bridgehead atoms. The van der Waals surface area contributed by atoms with E-state index in [-0.39, 0.29) is 0 Å². The lowest BCUT2D eigenvalue weighted by molar-refractivity contribution is -0.331. The number of carbonyl (C=O) groups excluding carboxylic acids is 1. The van der Waals surface area contributed by atoms with Gasteiger partial charge < -0.3 is 50.0 Å². The van der Waals surface area contributed by atoms with Gasteiger partial charge in [0.05, 0.1) is 13.2 Å². The Balaban J connectivity index is 2.13. The Morgan fingerprint density at radius 1 is 0.870 bits per heavy atom. The maximum Gasteiger partial charge on any atom is 0.338 e. The molecule has 0 aliphatic carbocycles. The van der Waals surface area contributed by atoms with Gasteiger partial charge in [0.2, 0.25) is 0 Å². The third-order valence-corrected chi connectivity index (χ3v) is 3.86. The van der Waals surface area contributed by atoms with E-state index in [0.717, 1.165) is 0 Å². The van der Waals surface area contributed by atoms with Gasteiger partial charge in [-0.1, -0.05) is 0 Å². The number of cyclic esters (lactones) is 1. The SMILES string of the molecule is O=C1O[C@H](CO)C(O[C@@H]2O[C@H](CO)[C@@H](O)[C@H](O)[C@H]2O)[C@H](O)[C@H]1O. The smallest absolute Gasteiger partial charge is 0.338 e. The van der Waals surface area contributed by atoms with Crippen molar-refractivity contribution in [3.05, 3.63) is 0 Å². The number of hydrogen-bond donors (Lipinski definition) is 7. The van der Waals surface area contributed by atoms with Crippen molar-refractivity contribution in [2.75, 3.05) is 13.2 Å². The number of ether oxygens (including phenoxy) is 3. The summed E-state index contributed by atoms with van der Waals surface area (Å²) in [5.41, 5.74) is 0. The fourth-order valence-corrected chi connectivity index (χ4v) is 2.47. The first-order valence-electron chi connectivity index (χ1n) is 6.95. The minimum Gasteiger partial charge on any atom is -0.455 e. The van der Waals surface area contributed by atoms with Gasteiger partial charge in [-0.3, -0.25) is 0 Å². The van der Waals surface area contributed by atoms with E-state index in [0.29, 0.717) is 0 Å². The van der Waals surface area contributed by atoms with E-state index in [1.807, 2.05) is 0 Å². The van der Waals surface area contributed by atoms with Gasteiger partial charge in [0.25, 0.3) is 0 Å². The summed E-state index contributed by atoms with van der Waals surface area (Å²) < 4.78 is 15.0. The average Bonchev–Trinajstić information content (AvgIpc) is 2.55. The van der Waals surface area contributed by atoms with Gasteiger partial charge in [-0.25, -0.2) is 4.79 Å². The maximum absolute atomic E-state index is 11.3. The summed E-state index contributed by atoms with van der Waals surface area (Å²) in [6.45, 7) is -1.42. The second kappa shape index (κ2) is 7.34. The Morgan fingerprint density at radius 3 is 2.04 bits per heavy atom. The van der Waals surface area contributed by atoms with Crippen molar-refractivity contribution in [3.63, 3.8) is 0 Å². The summed E-state index contributed by atoms with van der Waals surface area (Å²) in [5.74, 6) is -1.15. The second-order valence-corrected chi connectivity index (χ2v) is 5.39. The van der Waals surface area contributed by atoms with Crippen molar-refractivity contribution in [1.82, 2.24) is 0 Å². The molecule has 0 spiro atoms. The van der Waals surface area contributed by atoms with E-state index in [1.165, 1.54) is 0 Å². The monoisotopic (exact) mass is 340 g/mol. The number of aliphatic hydroxyl groups excluding tert-OH is 7. The number of esters is 1.